The van der Waals surface area contributed by atoms with Crippen LogP contribution in [0.2, 0.25) is 10.0 Å². The number of carbonyl (C=O) groups is 3. The van der Waals surface area contributed by atoms with Crippen LogP contribution < -0.4 is 20.1 Å². The van der Waals surface area contributed by atoms with Crippen molar-refractivity contribution >= 4 is 49.8 Å². The number of hydrogen-bond acceptors (Lipinski definition) is 10. The molecule has 2 aromatic carbocycles. The minimum Gasteiger partial charge on any atom is -0.484 e. The molecule has 0 aliphatic heterocycles. The van der Waals surface area contributed by atoms with Crippen LogP contribution in [0.1, 0.15) is 38.5 Å². The molecular formula is C28H31Cl2F2N2O10P. The van der Waals surface area contributed by atoms with Crippen LogP contribution in [-0.2, 0) is 23.6 Å². The molecule has 1 unspecified atom stereocenters. The number of nitrogens with one attached hydrogen (secondary N) is 2. The molecule has 0 heterocycles. The number of rotatable bonds is 14. The summed E-state index contributed by atoms with van der Waals surface area (Å²) in [4.78, 5) is 56.1. The fourth-order valence-electron chi connectivity index (χ4n) is 5.37. The number of hydrogen-bond donors (Lipinski definition) is 4. The van der Waals surface area contributed by atoms with E-state index >= 15 is 0 Å². The Balaban J connectivity index is 1.39. The van der Waals surface area contributed by atoms with E-state index in [1.807, 2.05) is 0 Å². The van der Waals surface area contributed by atoms with Crippen LogP contribution in [0.25, 0.3) is 0 Å². The normalized spacial score (nSPS) is 22.1. The maximum Gasteiger partial charge on any atom is 0.508 e. The molecule has 2 bridgehead atoms. The smallest absolute Gasteiger partial charge is 0.484 e. The number of fused-ring (bicyclic) bond motifs is 3. The van der Waals surface area contributed by atoms with Crippen molar-refractivity contribution in [3.8, 4) is 11.5 Å². The molecule has 2 amide bonds. The van der Waals surface area contributed by atoms with E-state index in [-0.39, 0.29) is 47.6 Å². The van der Waals surface area contributed by atoms with Crippen LogP contribution in [0.5, 0.6) is 11.5 Å². The molecule has 3 fully saturated rings. The second-order valence-corrected chi connectivity index (χ2v) is 12.2. The van der Waals surface area contributed by atoms with Crippen molar-refractivity contribution in [2.24, 2.45) is 0 Å². The van der Waals surface area contributed by atoms with Crippen LogP contribution in [0.4, 0.5) is 13.6 Å². The Hall–Kier alpha value is -3.00. The molecule has 0 saturated heterocycles. The molecular weight excluding hydrogens is 664 g/mol. The molecule has 1 atom stereocenters. The van der Waals surface area contributed by atoms with Gasteiger partial charge in [0, 0.05) is 30.5 Å². The minimum atomic E-state index is -2.53. The molecule has 5 rings (SSSR count). The summed E-state index contributed by atoms with van der Waals surface area (Å²) in [6.07, 6.45) is -0.156. The molecule has 12 nitrogen and oxygen atoms in total. The molecule has 3 aliphatic rings. The van der Waals surface area contributed by atoms with E-state index in [9.17, 15) is 23.2 Å². The van der Waals surface area contributed by atoms with Gasteiger partial charge in [-0.05, 0) is 49.9 Å². The first kappa shape index (κ1) is 34.9. The highest BCUT2D eigenvalue weighted by Gasteiger charge is 2.57. The minimum absolute atomic E-state index is 0.0627. The molecule has 2 aromatic rings. The van der Waals surface area contributed by atoms with E-state index in [2.05, 4.69) is 15.2 Å². The van der Waals surface area contributed by atoms with E-state index in [4.69, 9.17) is 51.9 Å². The van der Waals surface area contributed by atoms with Crippen molar-refractivity contribution in [1.82, 2.24) is 10.6 Å². The summed E-state index contributed by atoms with van der Waals surface area (Å²) in [6, 6.07) is 7.56. The van der Waals surface area contributed by atoms with Crippen molar-refractivity contribution in [3.63, 3.8) is 0 Å². The van der Waals surface area contributed by atoms with Gasteiger partial charge in [0.1, 0.15) is 29.2 Å². The summed E-state index contributed by atoms with van der Waals surface area (Å²) < 4.78 is 53.7. The summed E-state index contributed by atoms with van der Waals surface area (Å²) in [5, 5.41) is 5.69. The van der Waals surface area contributed by atoms with Gasteiger partial charge in [-0.15, -0.1) is 0 Å². The summed E-state index contributed by atoms with van der Waals surface area (Å²) in [5.41, 5.74) is -1.81. The van der Waals surface area contributed by atoms with E-state index in [1.165, 1.54) is 24.3 Å². The maximum absolute atomic E-state index is 13.8. The fraction of sp³-hybridized carbons (Fsp3) is 0.464. The average molecular weight is 695 g/mol. The van der Waals surface area contributed by atoms with Gasteiger partial charge >= 0.3 is 14.8 Å². The third kappa shape index (κ3) is 9.74. The third-order valence-electron chi connectivity index (χ3n) is 7.56. The van der Waals surface area contributed by atoms with Gasteiger partial charge in [-0.3, -0.25) is 9.59 Å². The van der Waals surface area contributed by atoms with Crippen LogP contribution in [-0.4, -0.2) is 71.4 Å². The van der Waals surface area contributed by atoms with Crippen LogP contribution in [0, 0.1) is 11.6 Å². The molecule has 45 heavy (non-hydrogen) atoms. The van der Waals surface area contributed by atoms with Gasteiger partial charge < -0.3 is 43.9 Å². The topological polar surface area (TPSA) is 162 Å². The van der Waals surface area contributed by atoms with Gasteiger partial charge in [-0.1, -0.05) is 23.2 Å². The molecule has 3 saturated carbocycles. The van der Waals surface area contributed by atoms with Gasteiger partial charge in [0.25, 0.3) is 11.8 Å². The standard InChI is InChI=1S/C28H31Cl2F2N2O10P/c29-19-4-2-17(12-21(19)31)41-15-24(35)33-27-6-8-28(9-7-27,23(14-27)44-26(37)40-10-1-11-43-45(38)39)34-25(36)16-42-18-3-5-20(30)22(32)13-18/h2-5,12-13,23,38-39H,1,6-11,14-16H2,(H,33,35)(H,34,36). The average Bonchev–Trinajstić information content (AvgIpc) is 2.99. The molecule has 0 spiro atoms. The van der Waals surface area contributed by atoms with E-state index in [0.717, 1.165) is 12.1 Å². The lowest BCUT2D eigenvalue weighted by molar-refractivity contribution is -0.139. The summed E-state index contributed by atoms with van der Waals surface area (Å²) in [6.45, 7) is -1.06. The molecule has 17 heteroatoms. The predicted octanol–water partition coefficient (Wildman–Crippen LogP) is 4.56. The lowest BCUT2D eigenvalue weighted by Gasteiger charge is -2.56. The second-order valence-electron chi connectivity index (χ2n) is 10.6. The Labute approximate surface area is 268 Å². The predicted molar refractivity (Wildman–Crippen MR) is 157 cm³/mol. The first-order valence-corrected chi connectivity index (χ1v) is 15.7. The molecule has 4 N–H and O–H groups in total. The van der Waals surface area contributed by atoms with Gasteiger partial charge in [0.05, 0.1) is 28.8 Å². The summed E-state index contributed by atoms with van der Waals surface area (Å²) >= 11 is 11.4. The quantitative estimate of drug-likeness (QED) is 0.125. The zero-order valence-corrected chi connectivity index (χ0v) is 26.1. The SMILES string of the molecule is O=C(COc1ccc(Cl)c(F)c1)NC12CCC(NC(=O)COc3ccc(Cl)c(F)c3)(CC1)C(OC(=O)OCCCOP(O)O)C2. The highest BCUT2D eigenvalue weighted by Crippen LogP contribution is 2.48. The van der Waals surface area contributed by atoms with Crippen molar-refractivity contribution in [2.75, 3.05) is 26.4 Å². The van der Waals surface area contributed by atoms with Crippen molar-refractivity contribution < 1.29 is 56.4 Å². The Bertz CT molecular complexity index is 1380. The monoisotopic (exact) mass is 694 g/mol. The summed E-state index contributed by atoms with van der Waals surface area (Å²) in [7, 11) is -2.53. The van der Waals surface area contributed by atoms with E-state index < -0.39 is 68.6 Å². The highest BCUT2D eigenvalue weighted by atomic mass is 35.5. The van der Waals surface area contributed by atoms with Gasteiger partial charge in [0.2, 0.25) is 0 Å². The zero-order valence-electron chi connectivity index (χ0n) is 23.7. The first-order valence-electron chi connectivity index (χ1n) is 13.8. The molecule has 246 valence electrons. The van der Waals surface area contributed by atoms with Gasteiger partial charge in [-0.2, -0.15) is 0 Å². The van der Waals surface area contributed by atoms with Crippen LogP contribution >= 0.6 is 31.8 Å². The molecule has 0 aromatic heterocycles. The van der Waals surface area contributed by atoms with Crippen molar-refractivity contribution in [3.05, 3.63) is 58.1 Å². The van der Waals surface area contributed by atoms with Crippen molar-refractivity contribution in [1.29, 1.82) is 0 Å². The Morgan fingerprint density at radius 2 is 1.42 bits per heavy atom. The van der Waals surface area contributed by atoms with Gasteiger partial charge in [0.15, 0.2) is 13.2 Å². The van der Waals surface area contributed by atoms with Crippen LogP contribution in [0.3, 0.4) is 0 Å². The van der Waals surface area contributed by atoms with Gasteiger partial charge in [-0.25, -0.2) is 13.6 Å². The fourth-order valence-corrected chi connectivity index (χ4v) is 5.90. The van der Waals surface area contributed by atoms with E-state index in [1.54, 1.807) is 0 Å². The lowest BCUT2D eigenvalue weighted by Crippen LogP contribution is -2.71. The zero-order chi connectivity index (χ0) is 32.6. The van der Waals surface area contributed by atoms with Crippen LogP contribution in [0.15, 0.2) is 36.4 Å². The number of carbonyl (C=O) groups excluding carboxylic acids is 3. The number of halogens is 4. The Morgan fingerprint density at radius 3 is 1.96 bits per heavy atom. The first-order chi connectivity index (χ1) is 21.4. The third-order valence-corrected chi connectivity index (χ3v) is 8.59. The Morgan fingerprint density at radius 1 is 0.867 bits per heavy atom. The number of ether oxygens (including phenoxy) is 4. The number of benzene rings is 2. The summed E-state index contributed by atoms with van der Waals surface area (Å²) in [5.74, 6) is -2.21. The van der Waals surface area contributed by atoms with E-state index in [0.29, 0.717) is 25.7 Å². The maximum atomic E-state index is 13.8. The highest BCUT2D eigenvalue weighted by molar-refractivity contribution is 7.39. The Kier molecular flexibility index (Phi) is 12.0. The second kappa shape index (κ2) is 15.5. The number of amides is 2. The lowest BCUT2D eigenvalue weighted by atomic mass is 9.59. The molecule has 0 radical (unpaired) electrons. The largest absolute Gasteiger partial charge is 0.508 e. The molecule has 3 aliphatic carbocycles. The van der Waals surface area contributed by atoms with Crippen molar-refractivity contribution in [2.45, 2.75) is 55.7 Å².